The first-order valence-corrected chi connectivity index (χ1v) is 28.6. The van der Waals surface area contributed by atoms with Gasteiger partial charge in [-0.15, -0.1) is 0 Å². The van der Waals surface area contributed by atoms with Gasteiger partial charge in [0.25, 0.3) is 0 Å². The van der Waals surface area contributed by atoms with Crippen LogP contribution in [0.3, 0.4) is 0 Å². The third-order valence-corrected chi connectivity index (χ3v) is 12.1. The van der Waals surface area contributed by atoms with Crippen molar-refractivity contribution >= 4 is 17.9 Å². The fraction of sp³-hybridized carbons (Fsp3) is 0.726. The molecule has 0 radical (unpaired) electrons. The van der Waals surface area contributed by atoms with E-state index in [0.717, 1.165) is 109 Å². The quantitative estimate of drug-likeness (QED) is 0.0262. The summed E-state index contributed by atoms with van der Waals surface area (Å²) in [6.45, 7) is 6.47. The van der Waals surface area contributed by atoms with Gasteiger partial charge in [0.05, 0.1) is 0 Å². The van der Waals surface area contributed by atoms with Gasteiger partial charge in [-0.25, -0.2) is 0 Å². The lowest BCUT2D eigenvalue weighted by Crippen LogP contribution is -2.30. The van der Waals surface area contributed by atoms with Crippen molar-refractivity contribution in [1.82, 2.24) is 0 Å². The largest absolute Gasteiger partial charge is 0.462 e. The van der Waals surface area contributed by atoms with Gasteiger partial charge < -0.3 is 14.2 Å². The molecule has 6 heteroatoms. The van der Waals surface area contributed by atoms with Crippen LogP contribution in [-0.2, 0) is 28.6 Å². The maximum Gasteiger partial charge on any atom is 0.306 e. The van der Waals surface area contributed by atoms with E-state index in [4.69, 9.17) is 14.2 Å². The van der Waals surface area contributed by atoms with E-state index in [-0.39, 0.29) is 31.1 Å². The Hall–Kier alpha value is -3.41. The normalized spacial score (nSPS) is 12.7. The molecule has 0 aliphatic rings. The predicted octanol–water partition coefficient (Wildman–Crippen LogP) is 19.2. The number of rotatable bonds is 51. The Balaban J connectivity index is 4.37. The highest BCUT2D eigenvalue weighted by Gasteiger charge is 2.19. The average molecular weight is 948 g/mol. The second kappa shape index (κ2) is 56.2. The molecule has 0 N–H and O–H groups in total. The van der Waals surface area contributed by atoms with Gasteiger partial charge in [0, 0.05) is 19.3 Å². The first-order chi connectivity index (χ1) is 33.5. The molecule has 6 nitrogen and oxygen atoms in total. The Morgan fingerprint density at radius 3 is 0.912 bits per heavy atom. The summed E-state index contributed by atoms with van der Waals surface area (Å²) in [6.07, 6.45) is 72.8. The van der Waals surface area contributed by atoms with Gasteiger partial charge in [-0.3, -0.25) is 14.4 Å². The fourth-order valence-corrected chi connectivity index (χ4v) is 7.81. The zero-order valence-corrected chi connectivity index (χ0v) is 44.6. The van der Waals surface area contributed by atoms with E-state index in [2.05, 4.69) is 106 Å². The molecule has 68 heavy (non-hydrogen) atoms. The molecule has 0 aliphatic heterocycles. The molecule has 0 aromatic carbocycles. The molecule has 0 fully saturated rings. The molecule has 0 aromatic rings. The molecular weight excluding hydrogens is 841 g/mol. The maximum atomic E-state index is 12.8. The summed E-state index contributed by atoms with van der Waals surface area (Å²) >= 11 is 0. The minimum atomic E-state index is -0.788. The number of esters is 3. The van der Waals surface area contributed by atoms with E-state index in [1.807, 2.05) is 0 Å². The van der Waals surface area contributed by atoms with Gasteiger partial charge >= 0.3 is 17.9 Å². The second-order valence-electron chi connectivity index (χ2n) is 18.8. The maximum absolute atomic E-state index is 12.8. The lowest BCUT2D eigenvalue weighted by atomic mass is 10.1. The van der Waals surface area contributed by atoms with Gasteiger partial charge in [0.1, 0.15) is 13.2 Å². The van der Waals surface area contributed by atoms with Gasteiger partial charge in [-0.1, -0.05) is 221 Å². The Bertz CT molecular complexity index is 1320. The van der Waals surface area contributed by atoms with Crippen molar-refractivity contribution in [2.75, 3.05) is 13.2 Å². The molecule has 1 atom stereocenters. The van der Waals surface area contributed by atoms with Crippen LogP contribution in [0.15, 0.2) is 85.1 Å². The summed E-state index contributed by atoms with van der Waals surface area (Å²) in [7, 11) is 0. The summed E-state index contributed by atoms with van der Waals surface area (Å²) < 4.78 is 16.8. The zero-order valence-electron chi connectivity index (χ0n) is 44.6. The fourth-order valence-electron chi connectivity index (χ4n) is 7.81. The third kappa shape index (κ3) is 53.5. The van der Waals surface area contributed by atoms with Crippen LogP contribution in [0, 0.1) is 0 Å². The van der Waals surface area contributed by atoms with E-state index in [9.17, 15) is 14.4 Å². The molecular formula is C62H106O6. The van der Waals surface area contributed by atoms with Crippen molar-refractivity contribution in [3.8, 4) is 0 Å². The molecule has 0 aromatic heterocycles. The summed E-state index contributed by atoms with van der Waals surface area (Å²) in [5.74, 6) is -0.906. The number of unbranched alkanes of at least 4 members (excludes halogenated alkanes) is 26. The van der Waals surface area contributed by atoms with Crippen LogP contribution in [0.2, 0.25) is 0 Å². The average Bonchev–Trinajstić information content (AvgIpc) is 3.34. The highest BCUT2D eigenvalue weighted by atomic mass is 16.6. The number of allylic oxidation sites excluding steroid dienone is 14. The topological polar surface area (TPSA) is 78.9 Å². The lowest BCUT2D eigenvalue weighted by Gasteiger charge is -2.18. The van der Waals surface area contributed by atoms with E-state index in [0.29, 0.717) is 19.3 Å². The molecule has 0 rings (SSSR count). The number of hydrogen-bond donors (Lipinski definition) is 0. The lowest BCUT2D eigenvalue weighted by molar-refractivity contribution is -0.167. The molecule has 0 spiro atoms. The first-order valence-electron chi connectivity index (χ1n) is 28.6. The highest BCUT2D eigenvalue weighted by molar-refractivity contribution is 5.71. The molecule has 1 unspecified atom stereocenters. The van der Waals surface area contributed by atoms with Crippen LogP contribution in [-0.4, -0.2) is 37.2 Å². The van der Waals surface area contributed by atoms with Crippen LogP contribution < -0.4 is 0 Å². The Morgan fingerprint density at radius 1 is 0.309 bits per heavy atom. The molecule has 0 bridgehead atoms. The van der Waals surface area contributed by atoms with Gasteiger partial charge in [0.2, 0.25) is 0 Å². The molecule has 0 saturated carbocycles. The Labute approximate surface area is 420 Å². The van der Waals surface area contributed by atoms with Crippen molar-refractivity contribution in [3.63, 3.8) is 0 Å². The minimum Gasteiger partial charge on any atom is -0.462 e. The van der Waals surface area contributed by atoms with Gasteiger partial charge in [0.15, 0.2) is 6.10 Å². The second-order valence-corrected chi connectivity index (χ2v) is 18.8. The van der Waals surface area contributed by atoms with E-state index >= 15 is 0 Å². The summed E-state index contributed by atoms with van der Waals surface area (Å²) in [5, 5.41) is 0. The smallest absolute Gasteiger partial charge is 0.306 e. The van der Waals surface area contributed by atoms with Gasteiger partial charge in [-0.05, 0) is 116 Å². The predicted molar refractivity (Wildman–Crippen MR) is 293 cm³/mol. The van der Waals surface area contributed by atoms with Crippen LogP contribution >= 0.6 is 0 Å². The third-order valence-electron chi connectivity index (χ3n) is 12.1. The van der Waals surface area contributed by atoms with Crippen LogP contribution in [0.1, 0.15) is 271 Å². The standard InChI is InChI=1S/C62H106O6/c1-4-7-10-13-16-19-22-25-27-29-30-31-32-34-35-37-40-43-46-49-52-55-61(64)67-58-59(57-66-60(63)54-51-48-45-42-39-24-21-18-15-12-9-6-3)68-62(65)56-53-50-47-44-41-38-36-33-28-26-23-20-17-14-11-8-5-2/h7,10,16-21,25-28,30-31,59H,4-6,8-9,11-15,22-24,29,32-58H2,1-3H3/b10-7-,19-16-,20-17-,21-18-,27-25-,28-26-,31-30-. The Morgan fingerprint density at radius 2 is 0.574 bits per heavy atom. The summed E-state index contributed by atoms with van der Waals surface area (Å²) in [4.78, 5) is 38.1. The zero-order chi connectivity index (χ0) is 49.3. The molecule has 0 amide bonds. The van der Waals surface area contributed by atoms with Crippen molar-refractivity contribution in [1.29, 1.82) is 0 Å². The Kier molecular flexibility index (Phi) is 53.4. The summed E-state index contributed by atoms with van der Waals surface area (Å²) in [6, 6.07) is 0. The molecule has 0 aliphatic carbocycles. The monoisotopic (exact) mass is 947 g/mol. The van der Waals surface area contributed by atoms with Gasteiger partial charge in [-0.2, -0.15) is 0 Å². The van der Waals surface area contributed by atoms with Crippen molar-refractivity contribution < 1.29 is 28.6 Å². The van der Waals surface area contributed by atoms with E-state index < -0.39 is 6.10 Å². The molecule has 390 valence electrons. The number of carbonyl (C=O) groups is 3. The highest BCUT2D eigenvalue weighted by Crippen LogP contribution is 2.15. The van der Waals surface area contributed by atoms with Crippen LogP contribution in [0.4, 0.5) is 0 Å². The number of hydrogen-bond acceptors (Lipinski definition) is 6. The van der Waals surface area contributed by atoms with E-state index in [1.54, 1.807) is 0 Å². The van der Waals surface area contributed by atoms with Crippen molar-refractivity contribution in [2.45, 2.75) is 277 Å². The van der Waals surface area contributed by atoms with E-state index in [1.165, 1.54) is 122 Å². The SMILES string of the molecule is CC/C=C\C/C=C\C/C=C\C/C=C\CCCCCCCCCCC(=O)OCC(COC(=O)CCCCCCC/C=C\CCCCC)OC(=O)CCCCCCCCC/C=C\C/C=C\CCCCC. The first kappa shape index (κ1) is 64.6. The summed E-state index contributed by atoms with van der Waals surface area (Å²) in [5.41, 5.74) is 0. The van der Waals surface area contributed by atoms with Crippen LogP contribution in [0.5, 0.6) is 0 Å². The number of ether oxygens (including phenoxy) is 3. The molecule has 0 saturated heterocycles. The number of carbonyl (C=O) groups excluding carboxylic acids is 3. The van der Waals surface area contributed by atoms with Crippen molar-refractivity contribution in [2.24, 2.45) is 0 Å². The minimum absolute atomic E-state index is 0.0865. The van der Waals surface area contributed by atoms with Crippen LogP contribution in [0.25, 0.3) is 0 Å². The molecule has 0 heterocycles. The van der Waals surface area contributed by atoms with Crippen molar-refractivity contribution in [3.05, 3.63) is 85.1 Å².